The minimum absolute atomic E-state index is 0.313. The number of pyridine rings is 1. The summed E-state index contributed by atoms with van der Waals surface area (Å²) in [5, 5.41) is 3.42. The monoisotopic (exact) mass is 270 g/mol. The van der Waals surface area contributed by atoms with E-state index in [1.165, 1.54) is 5.56 Å². The number of nitrogens with zero attached hydrogens (tertiary/aromatic N) is 1. The van der Waals surface area contributed by atoms with Gasteiger partial charge in [0.15, 0.2) is 0 Å². The molecule has 1 heterocycles. The fraction of sp³-hybridized carbons (Fsp3) is 0.353. The fourth-order valence-electron chi connectivity index (χ4n) is 2.11. The van der Waals surface area contributed by atoms with Crippen LogP contribution in [0.2, 0.25) is 0 Å². The summed E-state index contributed by atoms with van der Waals surface area (Å²) in [5.41, 5.74) is 2.29. The lowest BCUT2D eigenvalue weighted by atomic mass is 10.1. The normalized spacial score (nSPS) is 12.2. The van der Waals surface area contributed by atoms with E-state index < -0.39 is 0 Å². The van der Waals surface area contributed by atoms with Crippen molar-refractivity contribution in [1.82, 2.24) is 10.3 Å². The van der Waals surface area contributed by atoms with Gasteiger partial charge in [-0.3, -0.25) is 4.98 Å². The van der Waals surface area contributed by atoms with E-state index in [0.29, 0.717) is 6.04 Å². The van der Waals surface area contributed by atoms with E-state index in [-0.39, 0.29) is 0 Å². The molecule has 0 aliphatic carbocycles. The molecule has 0 saturated carbocycles. The summed E-state index contributed by atoms with van der Waals surface area (Å²) in [4.78, 5) is 4.49. The number of aromatic nitrogens is 1. The standard InChI is InChI=1S/C17H22N2O/c1-4-16(18-5-2)17-11-10-15(12-19-17)20-14-8-6-13(3)7-9-14/h6-12,16,18H,4-5H2,1-3H3. The van der Waals surface area contributed by atoms with Crippen LogP contribution < -0.4 is 10.1 Å². The first-order valence-corrected chi connectivity index (χ1v) is 7.16. The predicted octanol–water partition coefficient (Wildman–Crippen LogP) is 4.24. The van der Waals surface area contributed by atoms with Gasteiger partial charge in [0, 0.05) is 6.04 Å². The summed E-state index contributed by atoms with van der Waals surface area (Å²) < 4.78 is 5.78. The molecule has 0 bridgehead atoms. The number of rotatable bonds is 6. The number of ether oxygens (including phenoxy) is 1. The first-order valence-electron chi connectivity index (χ1n) is 7.16. The van der Waals surface area contributed by atoms with Gasteiger partial charge in [0.2, 0.25) is 0 Å². The molecule has 2 rings (SSSR count). The van der Waals surface area contributed by atoms with Gasteiger partial charge in [0.25, 0.3) is 0 Å². The second-order valence-corrected chi connectivity index (χ2v) is 4.85. The van der Waals surface area contributed by atoms with E-state index in [4.69, 9.17) is 4.74 Å². The number of benzene rings is 1. The molecule has 3 nitrogen and oxygen atoms in total. The number of hydrogen-bond donors (Lipinski definition) is 1. The second-order valence-electron chi connectivity index (χ2n) is 4.85. The highest BCUT2D eigenvalue weighted by molar-refractivity contribution is 5.32. The Hall–Kier alpha value is -1.87. The second kappa shape index (κ2) is 7.06. The van der Waals surface area contributed by atoms with E-state index in [2.05, 4.69) is 31.1 Å². The number of hydrogen-bond acceptors (Lipinski definition) is 3. The molecule has 3 heteroatoms. The SMILES string of the molecule is CCNC(CC)c1ccc(Oc2ccc(C)cc2)cn1. The van der Waals surface area contributed by atoms with E-state index in [0.717, 1.165) is 30.2 Å². The largest absolute Gasteiger partial charge is 0.456 e. The van der Waals surface area contributed by atoms with Crippen molar-refractivity contribution < 1.29 is 4.74 Å². The lowest BCUT2D eigenvalue weighted by Gasteiger charge is -2.15. The zero-order valence-corrected chi connectivity index (χ0v) is 12.4. The van der Waals surface area contributed by atoms with E-state index >= 15 is 0 Å². The van der Waals surface area contributed by atoms with Crippen LogP contribution in [0.3, 0.4) is 0 Å². The van der Waals surface area contributed by atoms with Gasteiger partial charge in [0.05, 0.1) is 11.9 Å². The Morgan fingerprint density at radius 1 is 1.05 bits per heavy atom. The van der Waals surface area contributed by atoms with Crippen LogP contribution in [0.1, 0.15) is 37.6 Å². The summed E-state index contributed by atoms with van der Waals surface area (Å²) in [6.07, 6.45) is 2.81. The summed E-state index contributed by atoms with van der Waals surface area (Å²) in [6, 6.07) is 12.3. The minimum Gasteiger partial charge on any atom is -0.456 e. The number of aryl methyl sites for hydroxylation is 1. The Kier molecular flexibility index (Phi) is 5.13. The third-order valence-electron chi connectivity index (χ3n) is 3.23. The fourth-order valence-corrected chi connectivity index (χ4v) is 2.11. The maximum Gasteiger partial charge on any atom is 0.145 e. The molecular formula is C17H22N2O. The first kappa shape index (κ1) is 14.5. The Morgan fingerprint density at radius 2 is 1.75 bits per heavy atom. The molecule has 2 aromatic rings. The predicted molar refractivity (Wildman–Crippen MR) is 82.2 cm³/mol. The molecule has 1 N–H and O–H groups in total. The van der Waals surface area contributed by atoms with Crippen molar-refractivity contribution in [2.45, 2.75) is 33.2 Å². The van der Waals surface area contributed by atoms with Crippen molar-refractivity contribution in [2.24, 2.45) is 0 Å². The quantitative estimate of drug-likeness (QED) is 0.852. The smallest absolute Gasteiger partial charge is 0.145 e. The lowest BCUT2D eigenvalue weighted by molar-refractivity contribution is 0.475. The van der Waals surface area contributed by atoms with Crippen LogP contribution in [0.25, 0.3) is 0 Å². The van der Waals surface area contributed by atoms with E-state index in [1.807, 2.05) is 36.4 Å². The van der Waals surface area contributed by atoms with Crippen molar-refractivity contribution >= 4 is 0 Å². The maximum atomic E-state index is 5.78. The van der Waals surface area contributed by atoms with Crippen molar-refractivity contribution in [3.8, 4) is 11.5 Å². The van der Waals surface area contributed by atoms with Crippen LogP contribution in [0.5, 0.6) is 11.5 Å². The van der Waals surface area contributed by atoms with Gasteiger partial charge < -0.3 is 10.1 Å². The Bertz CT molecular complexity index is 520. The minimum atomic E-state index is 0.313. The summed E-state index contributed by atoms with van der Waals surface area (Å²) in [7, 11) is 0. The highest BCUT2D eigenvalue weighted by atomic mass is 16.5. The highest BCUT2D eigenvalue weighted by Gasteiger charge is 2.09. The van der Waals surface area contributed by atoms with Gasteiger partial charge in [-0.1, -0.05) is 31.5 Å². The third-order valence-corrected chi connectivity index (χ3v) is 3.23. The molecule has 0 spiro atoms. The molecule has 0 saturated heterocycles. The molecule has 0 radical (unpaired) electrons. The first-order chi connectivity index (χ1) is 9.72. The van der Waals surface area contributed by atoms with E-state index in [1.54, 1.807) is 6.20 Å². The zero-order valence-electron chi connectivity index (χ0n) is 12.4. The molecule has 1 aromatic carbocycles. The molecule has 0 aliphatic rings. The third kappa shape index (κ3) is 3.81. The van der Waals surface area contributed by atoms with Crippen LogP contribution >= 0.6 is 0 Å². The van der Waals surface area contributed by atoms with Gasteiger partial charge in [0.1, 0.15) is 11.5 Å². The molecule has 1 aromatic heterocycles. The van der Waals surface area contributed by atoms with Crippen molar-refractivity contribution in [2.75, 3.05) is 6.54 Å². The molecule has 0 fully saturated rings. The highest BCUT2D eigenvalue weighted by Crippen LogP contribution is 2.22. The van der Waals surface area contributed by atoms with Crippen LogP contribution in [0.15, 0.2) is 42.6 Å². The lowest BCUT2D eigenvalue weighted by Crippen LogP contribution is -2.20. The van der Waals surface area contributed by atoms with Crippen LogP contribution in [-0.2, 0) is 0 Å². The Labute approximate surface area is 121 Å². The zero-order chi connectivity index (χ0) is 14.4. The van der Waals surface area contributed by atoms with Crippen LogP contribution in [-0.4, -0.2) is 11.5 Å². The van der Waals surface area contributed by atoms with Gasteiger partial charge in [-0.15, -0.1) is 0 Å². The maximum absolute atomic E-state index is 5.78. The topological polar surface area (TPSA) is 34.1 Å². The molecule has 0 aliphatic heterocycles. The molecule has 1 atom stereocenters. The molecule has 106 valence electrons. The summed E-state index contributed by atoms with van der Waals surface area (Å²) in [5.74, 6) is 1.60. The van der Waals surface area contributed by atoms with Gasteiger partial charge in [-0.05, 0) is 44.2 Å². The van der Waals surface area contributed by atoms with Gasteiger partial charge in [-0.25, -0.2) is 0 Å². The Balaban J connectivity index is 2.06. The number of nitrogens with one attached hydrogen (secondary N) is 1. The molecule has 20 heavy (non-hydrogen) atoms. The summed E-state index contributed by atoms with van der Waals surface area (Å²) >= 11 is 0. The van der Waals surface area contributed by atoms with Crippen molar-refractivity contribution in [3.05, 3.63) is 53.9 Å². The molecule has 1 unspecified atom stereocenters. The molecular weight excluding hydrogens is 248 g/mol. The molecule has 0 amide bonds. The summed E-state index contributed by atoms with van der Waals surface area (Å²) in [6.45, 7) is 7.27. The average Bonchev–Trinajstić information content (AvgIpc) is 2.48. The van der Waals surface area contributed by atoms with Crippen LogP contribution in [0, 0.1) is 6.92 Å². The Morgan fingerprint density at radius 3 is 2.30 bits per heavy atom. The van der Waals surface area contributed by atoms with Crippen LogP contribution in [0.4, 0.5) is 0 Å². The van der Waals surface area contributed by atoms with Crippen molar-refractivity contribution in [3.63, 3.8) is 0 Å². The van der Waals surface area contributed by atoms with Gasteiger partial charge in [-0.2, -0.15) is 0 Å². The van der Waals surface area contributed by atoms with Crippen molar-refractivity contribution in [1.29, 1.82) is 0 Å². The van der Waals surface area contributed by atoms with Gasteiger partial charge >= 0.3 is 0 Å². The average molecular weight is 270 g/mol. The van der Waals surface area contributed by atoms with E-state index in [9.17, 15) is 0 Å².